The van der Waals surface area contributed by atoms with Crippen molar-refractivity contribution in [2.75, 3.05) is 6.61 Å². The number of imidazole rings is 1. The van der Waals surface area contributed by atoms with E-state index in [0.29, 0.717) is 5.75 Å². The van der Waals surface area contributed by atoms with E-state index in [0.717, 1.165) is 27.0 Å². The maximum absolute atomic E-state index is 12.2. The van der Waals surface area contributed by atoms with Crippen LogP contribution in [-0.4, -0.2) is 22.1 Å². The molecule has 2 aromatic carbocycles. The standard InChI is InChI=1S/C19H20IN3O2/c1-3-23-17-7-5-4-6-16(17)22-19(23)13(2)21-18(24)12-25-15-10-8-14(20)9-11-15/h4-11,13H,3,12H2,1-2H3,(H,21,24). The third kappa shape index (κ3) is 4.12. The number of para-hydroxylation sites is 2. The second kappa shape index (κ2) is 7.86. The zero-order valence-electron chi connectivity index (χ0n) is 14.2. The number of hydrogen-bond donors (Lipinski definition) is 1. The average Bonchev–Trinajstić information content (AvgIpc) is 3.00. The highest BCUT2D eigenvalue weighted by atomic mass is 127. The van der Waals surface area contributed by atoms with Crippen molar-refractivity contribution in [1.29, 1.82) is 0 Å². The van der Waals surface area contributed by atoms with E-state index in [1.807, 2.05) is 55.5 Å². The van der Waals surface area contributed by atoms with Gasteiger partial charge < -0.3 is 14.6 Å². The van der Waals surface area contributed by atoms with Crippen molar-refractivity contribution in [1.82, 2.24) is 14.9 Å². The molecule has 0 radical (unpaired) electrons. The lowest BCUT2D eigenvalue weighted by Crippen LogP contribution is -2.32. The Morgan fingerprint density at radius 3 is 2.68 bits per heavy atom. The minimum atomic E-state index is -0.194. The molecule has 0 aliphatic carbocycles. The number of aryl methyl sites for hydroxylation is 1. The van der Waals surface area contributed by atoms with E-state index in [1.165, 1.54) is 0 Å². The molecule has 0 aliphatic heterocycles. The first-order chi connectivity index (χ1) is 12.1. The fraction of sp³-hybridized carbons (Fsp3) is 0.263. The summed E-state index contributed by atoms with van der Waals surface area (Å²) in [7, 11) is 0. The van der Waals surface area contributed by atoms with E-state index < -0.39 is 0 Å². The normalized spacial score (nSPS) is 12.1. The molecule has 25 heavy (non-hydrogen) atoms. The van der Waals surface area contributed by atoms with Crippen LogP contribution in [0.15, 0.2) is 48.5 Å². The molecule has 1 N–H and O–H groups in total. The molecule has 0 spiro atoms. The monoisotopic (exact) mass is 449 g/mol. The number of carbonyl (C=O) groups excluding carboxylic acids is 1. The minimum absolute atomic E-state index is 0.0166. The Morgan fingerprint density at radius 2 is 1.96 bits per heavy atom. The highest BCUT2D eigenvalue weighted by Crippen LogP contribution is 2.20. The van der Waals surface area contributed by atoms with Gasteiger partial charge in [-0.05, 0) is 72.8 Å². The molecule has 6 heteroatoms. The molecule has 0 saturated carbocycles. The number of halogens is 1. The summed E-state index contributed by atoms with van der Waals surface area (Å²) in [4.78, 5) is 16.9. The lowest BCUT2D eigenvalue weighted by molar-refractivity contribution is -0.123. The van der Waals surface area contributed by atoms with Gasteiger partial charge in [-0.3, -0.25) is 4.79 Å². The smallest absolute Gasteiger partial charge is 0.258 e. The highest BCUT2D eigenvalue weighted by molar-refractivity contribution is 14.1. The maximum Gasteiger partial charge on any atom is 0.258 e. The molecule has 3 rings (SSSR count). The average molecular weight is 449 g/mol. The Morgan fingerprint density at radius 1 is 1.24 bits per heavy atom. The van der Waals surface area contributed by atoms with Gasteiger partial charge in [0.25, 0.3) is 5.91 Å². The molecule has 1 heterocycles. The first-order valence-corrected chi connectivity index (χ1v) is 9.29. The van der Waals surface area contributed by atoms with Crippen LogP contribution in [0.1, 0.15) is 25.7 Å². The summed E-state index contributed by atoms with van der Waals surface area (Å²) < 4.78 is 8.78. The van der Waals surface area contributed by atoms with E-state index in [-0.39, 0.29) is 18.6 Å². The first-order valence-electron chi connectivity index (χ1n) is 8.21. The second-order valence-electron chi connectivity index (χ2n) is 5.73. The summed E-state index contributed by atoms with van der Waals surface area (Å²) in [6.07, 6.45) is 0. The van der Waals surface area contributed by atoms with Gasteiger partial charge in [0, 0.05) is 10.1 Å². The van der Waals surface area contributed by atoms with Gasteiger partial charge in [-0.15, -0.1) is 0 Å². The number of hydrogen-bond acceptors (Lipinski definition) is 3. The Hall–Kier alpha value is -2.09. The van der Waals surface area contributed by atoms with Gasteiger partial charge in [0.15, 0.2) is 6.61 Å². The number of nitrogens with one attached hydrogen (secondary N) is 1. The van der Waals surface area contributed by atoms with E-state index in [9.17, 15) is 4.79 Å². The molecule has 5 nitrogen and oxygen atoms in total. The van der Waals surface area contributed by atoms with Crippen LogP contribution in [0.25, 0.3) is 11.0 Å². The Balaban J connectivity index is 1.66. The molecule has 3 aromatic rings. The van der Waals surface area contributed by atoms with Crippen LogP contribution in [0, 0.1) is 3.57 Å². The predicted octanol–water partition coefficient (Wildman–Crippen LogP) is 3.92. The summed E-state index contributed by atoms with van der Waals surface area (Å²) >= 11 is 2.23. The number of fused-ring (bicyclic) bond motifs is 1. The van der Waals surface area contributed by atoms with E-state index in [4.69, 9.17) is 4.74 Å². The van der Waals surface area contributed by atoms with Crippen molar-refractivity contribution in [3.8, 4) is 5.75 Å². The maximum atomic E-state index is 12.2. The van der Waals surface area contributed by atoms with E-state index in [2.05, 4.69) is 44.4 Å². The molecule has 0 fully saturated rings. The van der Waals surface area contributed by atoms with Crippen molar-refractivity contribution in [2.24, 2.45) is 0 Å². The number of ether oxygens (including phenoxy) is 1. The molecule has 0 bridgehead atoms. The SMILES string of the molecule is CCn1c(C(C)NC(=O)COc2ccc(I)cc2)nc2ccccc21. The third-order valence-electron chi connectivity index (χ3n) is 3.95. The van der Waals surface area contributed by atoms with Crippen LogP contribution in [0.5, 0.6) is 5.75 Å². The lowest BCUT2D eigenvalue weighted by atomic mass is 10.3. The minimum Gasteiger partial charge on any atom is -0.484 e. The molecule has 1 amide bonds. The van der Waals surface area contributed by atoms with Gasteiger partial charge in [-0.1, -0.05) is 12.1 Å². The Labute approximate surface area is 160 Å². The zero-order valence-corrected chi connectivity index (χ0v) is 16.4. The fourth-order valence-corrected chi connectivity index (χ4v) is 3.14. The van der Waals surface area contributed by atoms with Gasteiger partial charge in [-0.2, -0.15) is 0 Å². The summed E-state index contributed by atoms with van der Waals surface area (Å²) in [5.41, 5.74) is 2.02. The number of nitrogens with zero attached hydrogens (tertiary/aromatic N) is 2. The Bertz CT molecular complexity index is 874. The van der Waals surface area contributed by atoms with Crippen LogP contribution in [0.4, 0.5) is 0 Å². The molecule has 1 aromatic heterocycles. The summed E-state index contributed by atoms with van der Waals surface area (Å²) in [5.74, 6) is 1.37. The predicted molar refractivity (Wildman–Crippen MR) is 107 cm³/mol. The van der Waals surface area contributed by atoms with Gasteiger partial charge in [0.2, 0.25) is 0 Å². The summed E-state index contributed by atoms with van der Waals surface area (Å²) in [6.45, 7) is 4.80. The molecule has 0 aliphatic rings. The van der Waals surface area contributed by atoms with Crippen molar-refractivity contribution in [3.63, 3.8) is 0 Å². The molecular weight excluding hydrogens is 429 g/mol. The summed E-state index contributed by atoms with van der Waals surface area (Å²) in [6, 6.07) is 15.4. The van der Waals surface area contributed by atoms with Crippen LogP contribution in [0.2, 0.25) is 0 Å². The summed E-state index contributed by atoms with van der Waals surface area (Å²) in [5, 5.41) is 2.96. The van der Waals surface area contributed by atoms with Crippen molar-refractivity contribution in [3.05, 3.63) is 57.9 Å². The van der Waals surface area contributed by atoms with Crippen LogP contribution < -0.4 is 10.1 Å². The molecule has 130 valence electrons. The van der Waals surface area contributed by atoms with Gasteiger partial charge >= 0.3 is 0 Å². The van der Waals surface area contributed by atoms with E-state index in [1.54, 1.807) is 0 Å². The number of amides is 1. The van der Waals surface area contributed by atoms with Crippen LogP contribution >= 0.6 is 22.6 Å². The number of benzene rings is 2. The number of rotatable bonds is 6. The van der Waals surface area contributed by atoms with Gasteiger partial charge in [0.05, 0.1) is 17.1 Å². The van der Waals surface area contributed by atoms with Gasteiger partial charge in [-0.25, -0.2) is 4.98 Å². The number of aromatic nitrogens is 2. The third-order valence-corrected chi connectivity index (χ3v) is 4.67. The molecule has 1 atom stereocenters. The molecule has 0 saturated heterocycles. The van der Waals surface area contributed by atoms with Crippen molar-refractivity contribution >= 4 is 39.5 Å². The number of carbonyl (C=O) groups is 1. The lowest BCUT2D eigenvalue weighted by Gasteiger charge is -2.15. The Kier molecular flexibility index (Phi) is 5.57. The second-order valence-corrected chi connectivity index (χ2v) is 6.98. The van der Waals surface area contributed by atoms with E-state index >= 15 is 0 Å². The van der Waals surface area contributed by atoms with Crippen LogP contribution in [-0.2, 0) is 11.3 Å². The van der Waals surface area contributed by atoms with Crippen molar-refractivity contribution in [2.45, 2.75) is 26.4 Å². The molecular formula is C19H20IN3O2. The molecule has 1 unspecified atom stereocenters. The van der Waals surface area contributed by atoms with Crippen molar-refractivity contribution < 1.29 is 9.53 Å². The largest absolute Gasteiger partial charge is 0.484 e. The first kappa shape index (κ1) is 17.7. The quantitative estimate of drug-likeness (QED) is 0.581. The fourth-order valence-electron chi connectivity index (χ4n) is 2.78. The topological polar surface area (TPSA) is 56.2 Å². The highest BCUT2D eigenvalue weighted by Gasteiger charge is 2.17. The van der Waals surface area contributed by atoms with Gasteiger partial charge in [0.1, 0.15) is 11.6 Å². The van der Waals surface area contributed by atoms with Crippen LogP contribution in [0.3, 0.4) is 0 Å². The zero-order chi connectivity index (χ0) is 17.8.